The predicted octanol–water partition coefficient (Wildman–Crippen LogP) is 2.58. The Bertz CT molecular complexity index is 177. The fraction of sp³-hybridized carbons (Fsp3) is 1.00. The Balaban J connectivity index is 4.32. The number of hydrogen-bond donors (Lipinski definition) is 1. The van der Waals surface area contributed by atoms with Gasteiger partial charge in [-0.1, -0.05) is 27.7 Å². The van der Waals surface area contributed by atoms with E-state index in [-0.39, 0.29) is 23.7 Å². The van der Waals surface area contributed by atoms with E-state index in [1.165, 1.54) is 0 Å². The van der Waals surface area contributed by atoms with Crippen LogP contribution in [0.2, 0.25) is 0 Å². The molecular formula is C13H29NO2. The van der Waals surface area contributed by atoms with E-state index in [1.807, 2.05) is 13.8 Å². The molecular weight excluding hydrogens is 202 g/mol. The van der Waals surface area contributed by atoms with Crippen molar-refractivity contribution in [2.75, 3.05) is 13.2 Å². The average Bonchev–Trinajstić information content (AvgIpc) is 2.20. The van der Waals surface area contributed by atoms with Crippen LogP contribution in [0.4, 0.5) is 0 Å². The van der Waals surface area contributed by atoms with Gasteiger partial charge in [0.1, 0.15) is 0 Å². The minimum Gasteiger partial charge on any atom is -0.379 e. The molecule has 0 radical (unpaired) electrons. The zero-order valence-corrected chi connectivity index (χ0v) is 11.7. The van der Waals surface area contributed by atoms with Crippen molar-refractivity contribution in [1.82, 2.24) is 0 Å². The predicted molar refractivity (Wildman–Crippen MR) is 68.5 cm³/mol. The molecule has 2 N–H and O–H groups in total. The highest BCUT2D eigenvalue weighted by molar-refractivity contribution is 4.84. The molecule has 0 amide bonds. The first-order chi connectivity index (χ1) is 7.32. The molecule has 0 rings (SSSR count). The van der Waals surface area contributed by atoms with Crippen molar-refractivity contribution in [2.45, 2.75) is 66.2 Å². The van der Waals surface area contributed by atoms with Gasteiger partial charge in [-0.3, -0.25) is 0 Å². The van der Waals surface area contributed by atoms with E-state index in [4.69, 9.17) is 15.2 Å². The van der Waals surface area contributed by atoms with Gasteiger partial charge >= 0.3 is 0 Å². The number of ether oxygens (including phenoxy) is 2. The molecule has 0 saturated heterocycles. The summed E-state index contributed by atoms with van der Waals surface area (Å²) in [5.41, 5.74) is 6.18. The average molecular weight is 231 g/mol. The molecule has 3 atom stereocenters. The van der Waals surface area contributed by atoms with Gasteiger partial charge in [-0.25, -0.2) is 0 Å². The van der Waals surface area contributed by atoms with Crippen molar-refractivity contribution in [1.29, 1.82) is 0 Å². The second-order valence-electron chi connectivity index (χ2n) is 5.46. The zero-order valence-electron chi connectivity index (χ0n) is 11.7. The van der Waals surface area contributed by atoms with Gasteiger partial charge in [-0.05, 0) is 25.7 Å². The molecule has 16 heavy (non-hydrogen) atoms. The van der Waals surface area contributed by atoms with Gasteiger partial charge in [0, 0.05) is 12.6 Å². The Hall–Kier alpha value is -0.120. The van der Waals surface area contributed by atoms with Crippen molar-refractivity contribution in [3.63, 3.8) is 0 Å². The van der Waals surface area contributed by atoms with Crippen molar-refractivity contribution in [3.8, 4) is 0 Å². The van der Waals surface area contributed by atoms with Crippen LogP contribution in [0.1, 0.15) is 48.0 Å². The Kier molecular flexibility index (Phi) is 7.20. The summed E-state index contributed by atoms with van der Waals surface area (Å²) < 4.78 is 11.4. The Morgan fingerprint density at radius 3 is 2.12 bits per heavy atom. The van der Waals surface area contributed by atoms with Crippen LogP contribution in [-0.2, 0) is 9.47 Å². The molecule has 0 bridgehead atoms. The summed E-state index contributed by atoms with van der Waals surface area (Å²) in [5.74, 6) is 0. The quantitative estimate of drug-likeness (QED) is 0.732. The van der Waals surface area contributed by atoms with Gasteiger partial charge < -0.3 is 15.2 Å². The van der Waals surface area contributed by atoms with E-state index >= 15 is 0 Å². The van der Waals surface area contributed by atoms with Crippen LogP contribution >= 0.6 is 0 Å². The second kappa shape index (κ2) is 7.25. The van der Waals surface area contributed by atoms with Crippen LogP contribution in [0.5, 0.6) is 0 Å². The summed E-state index contributed by atoms with van der Waals surface area (Å²) in [7, 11) is 0. The molecule has 3 nitrogen and oxygen atoms in total. The third-order valence-electron chi connectivity index (χ3n) is 2.65. The van der Waals surface area contributed by atoms with Gasteiger partial charge in [0.15, 0.2) is 0 Å². The van der Waals surface area contributed by atoms with Crippen LogP contribution in [0.3, 0.4) is 0 Å². The van der Waals surface area contributed by atoms with Crippen LogP contribution < -0.4 is 5.73 Å². The molecule has 98 valence electrons. The molecule has 0 heterocycles. The molecule has 0 aromatic carbocycles. The minimum atomic E-state index is 0.0654. The molecule has 0 saturated carbocycles. The fourth-order valence-corrected chi connectivity index (χ4v) is 1.73. The topological polar surface area (TPSA) is 44.5 Å². The normalized spacial score (nSPS) is 18.2. The summed E-state index contributed by atoms with van der Waals surface area (Å²) in [6.45, 7) is 14.0. The molecule has 0 aliphatic carbocycles. The molecule has 0 spiro atoms. The maximum atomic E-state index is 6.11. The lowest BCUT2D eigenvalue weighted by Gasteiger charge is -2.36. The maximum absolute atomic E-state index is 6.11. The molecule has 0 aromatic rings. The smallest absolute Gasteiger partial charge is 0.0785 e. The highest BCUT2D eigenvalue weighted by Crippen LogP contribution is 2.26. The van der Waals surface area contributed by atoms with Gasteiger partial charge in [0.25, 0.3) is 0 Å². The lowest BCUT2D eigenvalue weighted by molar-refractivity contribution is -0.0967. The summed E-state index contributed by atoms with van der Waals surface area (Å²) in [4.78, 5) is 0. The van der Waals surface area contributed by atoms with E-state index < -0.39 is 0 Å². The van der Waals surface area contributed by atoms with Crippen molar-refractivity contribution >= 4 is 0 Å². The number of nitrogens with two attached hydrogens (primary N) is 1. The molecule has 0 fully saturated rings. The summed E-state index contributed by atoms with van der Waals surface area (Å²) in [5, 5.41) is 0. The third kappa shape index (κ3) is 5.83. The largest absolute Gasteiger partial charge is 0.379 e. The van der Waals surface area contributed by atoms with Gasteiger partial charge in [0.05, 0.1) is 18.8 Å². The molecule has 0 aliphatic heterocycles. The molecule has 3 heteroatoms. The Morgan fingerprint density at radius 2 is 1.75 bits per heavy atom. The number of hydrogen-bond acceptors (Lipinski definition) is 3. The van der Waals surface area contributed by atoms with Gasteiger partial charge in [-0.2, -0.15) is 0 Å². The van der Waals surface area contributed by atoms with Gasteiger partial charge in [-0.15, -0.1) is 0 Å². The monoisotopic (exact) mass is 231 g/mol. The first-order valence-corrected chi connectivity index (χ1v) is 6.31. The van der Waals surface area contributed by atoms with Crippen molar-refractivity contribution in [2.24, 2.45) is 11.1 Å². The van der Waals surface area contributed by atoms with E-state index in [0.29, 0.717) is 6.61 Å². The first kappa shape index (κ1) is 15.9. The van der Waals surface area contributed by atoms with Crippen LogP contribution in [0, 0.1) is 5.41 Å². The standard InChI is InChI=1S/C13H29NO2/c1-7-11(14)12(13(4,5)6)16-10(3)9-15-8-2/h10-12H,7-9,14H2,1-6H3. The summed E-state index contributed by atoms with van der Waals surface area (Å²) in [6.07, 6.45) is 1.11. The van der Waals surface area contributed by atoms with Crippen molar-refractivity contribution < 1.29 is 9.47 Å². The van der Waals surface area contributed by atoms with Crippen molar-refractivity contribution in [3.05, 3.63) is 0 Å². The highest BCUT2D eigenvalue weighted by Gasteiger charge is 2.31. The van der Waals surface area contributed by atoms with E-state index in [0.717, 1.165) is 13.0 Å². The van der Waals surface area contributed by atoms with E-state index in [1.54, 1.807) is 0 Å². The fourth-order valence-electron chi connectivity index (χ4n) is 1.73. The van der Waals surface area contributed by atoms with Crippen LogP contribution in [0.25, 0.3) is 0 Å². The van der Waals surface area contributed by atoms with E-state index in [2.05, 4.69) is 27.7 Å². The van der Waals surface area contributed by atoms with Gasteiger partial charge in [0.2, 0.25) is 0 Å². The first-order valence-electron chi connectivity index (χ1n) is 6.31. The summed E-state index contributed by atoms with van der Waals surface area (Å²) in [6, 6.07) is 0.0871. The summed E-state index contributed by atoms with van der Waals surface area (Å²) >= 11 is 0. The highest BCUT2D eigenvalue weighted by atomic mass is 16.5. The number of rotatable bonds is 7. The lowest BCUT2D eigenvalue weighted by atomic mass is 9.84. The van der Waals surface area contributed by atoms with Crippen LogP contribution in [0.15, 0.2) is 0 Å². The SMILES string of the molecule is CCOCC(C)OC(C(N)CC)C(C)(C)C. The molecule has 3 unspecified atom stereocenters. The lowest BCUT2D eigenvalue weighted by Crippen LogP contribution is -2.47. The minimum absolute atomic E-state index is 0.0654. The molecule has 0 aromatic heterocycles. The second-order valence-corrected chi connectivity index (χ2v) is 5.46. The third-order valence-corrected chi connectivity index (χ3v) is 2.65. The Labute approximate surface area is 101 Å². The maximum Gasteiger partial charge on any atom is 0.0785 e. The molecule has 0 aliphatic rings. The van der Waals surface area contributed by atoms with Crippen LogP contribution in [-0.4, -0.2) is 31.5 Å². The van der Waals surface area contributed by atoms with E-state index in [9.17, 15) is 0 Å². The zero-order chi connectivity index (χ0) is 12.8. The Morgan fingerprint density at radius 1 is 1.19 bits per heavy atom.